The van der Waals surface area contributed by atoms with E-state index in [1.807, 2.05) is 6.07 Å². The van der Waals surface area contributed by atoms with Crippen molar-refractivity contribution in [3.8, 4) is 5.69 Å². The van der Waals surface area contributed by atoms with Crippen molar-refractivity contribution < 1.29 is 9.21 Å². The molecular formula is C25H16N2O4. The van der Waals surface area contributed by atoms with E-state index in [-0.39, 0.29) is 22.2 Å². The highest BCUT2D eigenvalue weighted by atomic mass is 16.3. The van der Waals surface area contributed by atoms with Crippen LogP contribution in [0.1, 0.15) is 10.4 Å². The number of pyridine rings is 1. The van der Waals surface area contributed by atoms with E-state index in [9.17, 15) is 14.4 Å². The second kappa shape index (κ2) is 7.42. The third-order valence-corrected chi connectivity index (χ3v) is 5.04. The molecule has 0 aliphatic carbocycles. The highest BCUT2D eigenvalue weighted by Crippen LogP contribution is 2.22. The lowest BCUT2D eigenvalue weighted by atomic mass is 10.1. The summed E-state index contributed by atoms with van der Waals surface area (Å²) in [7, 11) is 0. The monoisotopic (exact) mass is 408 g/mol. The van der Waals surface area contributed by atoms with Gasteiger partial charge < -0.3 is 9.73 Å². The lowest BCUT2D eigenvalue weighted by Gasteiger charge is -2.13. The van der Waals surface area contributed by atoms with Gasteiger partial charge in [-0.05, 0) is 42.5 Å². The minimum absolute atomic E-state index is 0.00668. The highest BCUT2D eigenvalue weighted by molar-refractivity contribution is 6.05. The zero-order valence-corrected chi connectivity index (χ0v) is 16.2. The molecule has 1 N–H and O–H groups in total. The number of nitrogens with zero attached hydrogens (tertiary/aromatic N) is 1. The highest BCUT2D eigenvalue weighted by Gasteiger charge is 2.18. The summed E-state index contributed by atoms with van der Waals surface area (Å²) in [6, 6.07) is 25.7. The fourth-order valence-electron chi connectivity index (χ4n) is 3.54. The van der Waals surface area contributed by atoms with E-state index in [4.69, 9.17) is 4.42 Å². The van der Waals surface area contributed by atoms with Crippen LogP contribution in [-0.2, 0) is 0 Å². The molecule has 0 aliphatic rings. The van der Waals surface area contributed by atoms with Gasteiger partial charge in [0.15, 0.2) is 0 Å². The summed E-state index contributed by atoms with van der Waals surface area (Å²) in [4.78, 5) is 39.3. The second-order valence-corrected chi connectivity index (χ2v) is 7.00. The normalized spacial score (nSPS) is 11.0. The molecule has 6 heteroatoms. The molecule has 0 saturated carbocycles. The second-order valence-electron chi connectivity index (χ2n) is 7.00. The molecule has 0 bridgehead atoms. The smallest absolute Gasteiger partial charge is 0.281 e. The van der Waals surface area contributed by atoms with Crippen LogP contribution in [0.25, 0.3) is 27.8 Å². The van der Waals surface area contributed by atoms with E-state index in [0.717, 1.165) is 0 Å². The Bertz CT molecular complexity index is 1550. The molecule has 1 amide bonds. The molecule has 0 aliphatic heterocycles. The van der Waals surface area contributed by atoms with Gasteiger partial charge >= 0.3 is 0 Å². The lowest BCUT2D eigenvalue weighted by molar-refractivity contribution is 0.102. The standard InChI is InChI=1S/C25H16N2O4/c28-22-18-13-7-8-14-21(18)31-25-19(22)15-20(26-23(29)16-9-3-1-4-10-16)24(30)27(25)17-11-5-2-6-12-17/h1-15H,(H,26,29). The molecule has 0 radical (unpaired) electrons. The van der Waals surface area contributed by atoms with Gasteiger partial charge in [-0.2, -0.15) is 0 Å². The number of anilines is 1. The van der Waals surface area contributed by atoms with Crippen LogP contribution >= 0.6 is 0 Å². The predicted molar refractivity (Wildman–Crippen MR) is 120 cm³/mol. The van der Waals surface area contributed by atoms with Crippen LogP contribution in [0.5, 0.6) is 0 Å². The molecule has 0 spiro atoms. The Hall–Kier alpha value is -4.45. The summed E-state index contributed by atoms with van der Waals surface area (Å²) in [6.45, 7) is 0. The van der Waals surface area contributed by atoms with Crippen molar-refractivity contribution in [1.29, 1.82) is 0 Å². The van der Waals surface area contributed by atoms with Gasteiger partial charge in [0.1, 0.15) is 11.3 Å². The van der Waals surface area contributed by atoms with Gasteiger partial charge in [-0.1, -0.05) is 48.5 Å². The van der Waals surface area contributed by atoms with Gasteiger partial charge in [-0.15, -0.1) is 0 Å². The Kier molecular flexibility index (Phi) is 4.45. The van der Waals surface area contributed by atoms with Gasteiger partial charge in [0.2, 0.25) is 11.1 Å². The molecule has 31 heavy (non-hydrogen) atoms. The van der Waals surface area contributed by atoms with E-state index >= 15 is 0 Å². The van der Waals surface area contributed by atoms with Crippen LogP contribution in [0, 0.1) is 0 Å². The molecule has 5 aromatic rings. The number of carbonyl (C=O) groups excluding carboxylic acids is 1. The maximum atomic E-state index is 13.4. The zero-order chi connectivity index (χ0) is 21.4. The third-order valence-electron chi connectivity index (χ3n) is 5.04. The molecule has 150 valence electrons. The molecule has 0 atom stereocenters. The van der Waals surface area contributed by atoms with E-state index < -0.39 is 11.5 Å². The minimum atomic E-state index is -0.499. The minimum Gasteiger partial charge on any atom is -0.439 e. The Morgan fingerprint density at radius 3 is 2.16 bits per heavy atom. The van der Waals surface area contributed by atoms with E-state index in [1.54, 1.807) is 78.9 Å². The van der Waals surface area contributed by atoms with Crippen molar-refractivity contribution in [2.75, 3.05) is 5.32 Å². The van der Waals surface area contributed by atoms with Crippen LogP contribution in [0.3, 0.4) is 0 Å². The predicted octanol–water partition coefficient (Wildman–Crippen LogP) is 4.35. The third kappa shape index (κ3) is 3.20. The van der Waals surface area contributed by atoms with Gasteiger partial charge in [0.25, 0.3) is 11.5 Å². The number of hydrogen-bond acceptors (Lipinski definition) is 4. The molecule has 0 saturated heterocycles. The number of fused-ring (bicyclic) bond motifs is 2. The Balaban J connectivity index is 1.81. The fourth-order valence-corrected chi connectivity index (χ4v) is 3.54. The van der Waals surface area contributed by atoms with E-state index in [2.05, 4.69) is 5.32 Å². The quantitative estimate of drug-likeness (QED) is 0.450. The van der Waals surface area contributed by atoms with Crippen molar-refractivity contribution in [1.82, 2.24) is 4.57 Å². The van der Waals surface area contributed by atoms with Crippen molar-refractivity contribution in [2.24, 2.45) is 0 Å². The van der Waals surface area contributed by atoms with Gasteiger partial charge in [-0.3, -0.25) is 14.4 Å². The lowest BCUT2D eigenvalue weighted by Crippen LogP contribution is -2.26. The Morgan fingerprint density at radius 1 is 0.774 bits per heavy atom. The van der Waals surface area contributed by atoms with Gasteiger partial charge in [-0.25, -0.2) is 4.57 Å². The summed E-state index contributed by atoms with van der Waals surface area (Å²) >= 11 is 0. The van der Waals surface area contributed by atoms with Crippen molar-refractivity contribution in [3.63, 3.8) is 0 Å². The first-order chi connectivity index (χ1) is 15.1. The Morgan fingerprint density at radius 2 is 1.42 bits per heavy atom. The van der Waals surface area contributed by atoms with Crippen molar-refractivity contribution >= 4 is 33.7 Å². The first kappa shape index (κ1) is 18.6. The molecular weight excluding hydrogens is 392 g/mol. The number of rotatable bonds is 3. The van der Waals surface area contributed by atoms with Crippen LogP contribution in [-0.4, -0.2) is 10.5 Å². The van der Waals surface area contributed by atoms with Crippen LogP contribution in [0.2, 0.25) is 0 Å². The summed E-state index contributed by atoms with van der Waals surface area (Å²) < 4.78 is 7.30. The van der Waals surface area contributed by atoms with Crippen LogP contribution in [0.15, 0.2) is 105 Å². The zero-order valence-electron chi connectivity index (χ0n) is 16.2. The number of carbonyl (C=O) groups is 1. The number of para-hydroxylation sites is 2. The number of nitrogens with one attached hydrogen (secondary N) is 1. The maximum absolute atomic E-state index is 13.4. The van der Waals surface area contributed by atoms with Gasteiger partial charge in [0.05, 0.1) is 16.5 Å². The first-order valence-corrected chi connectivity index (χ1v) is 9.67. The summed E-state index contributed by atoms with van der Waals surface area (Å²) in [5, 5.41) is 3.25. The van der Waals surface area contributed by atoms with Crippen molar-refractivity contribution in [2.45, 2.75) is 0 Å². The molecule has 6 nitrogen and oxygen atoms in total. The molecule has 2 aromatic heterocycles. The van der Waals surface area contributed by atoms with Crippen molar-refractivity contribution in [3.05, 3.63) is 117 Å². The summed E-state index contributed by atoms with van der Waals surface area (Å²) in [5.74, 6) is -0.443. The molecule has 0 unspecified atom stereocenters. The number of aromatic nitrogens is 1. The number of hydrogen-bond donors (Lipinski definition) is 1. The van der Waals surface area contributed by atoms with Crippen LogP contribution < -0.4 is 16.3 Å². The number of amides is 1. The van der Waals surface area contributed by atoms with Crippen LogP contribution in [0.4, 0.5) is 5.69 Å². The Labute approximate surface area is 176 Å². The SMILES string of the molecule is O=C(Nc1cc2c(=O)c3ccccc3oc2n(-c2ccccc2)c1=O)c1ccccc1. The fraction of sp³-hybridized carbons (Fsp3) is 0. The maximum Gasteiger partial charge on any atom is 0.281 e. The first-order valence-electron chi connectivity index (χ1n) is 9.67. The summed E-state index contributed by atoms with van der Waals surface area (Å²) in [5.41, 5.74) is 0.638. The topological polar surface area (TPSA) is 81.3 Å². The largest absolute Gasteiger partial charge is 0.439 e. The molecule has 3 aromatic carbocycles. The van der Waals surface area contributed by atoms with E-state index in [0.29, 0.717) is 22.2 Å². The number of benzene rings is 3. The average Bonchev–Trinajstić information content (AvgIpc) is 2.81. The average molecular weight is 408 g/mol. The summed E-state index contributed by atoms with van der Waals surface area (Å²) in [6.07, 6.45) is 0. The molecule has 5 rings (SSSR count). The van der Waals surface area contributed by atoms with E-state index in [1.165, 1.54) is 10.6 Å². The molecule has 0 fully saturated rings. The van der Waals surface area contributed by atoms with Gasteiger partial charge in [0, 0.05) is 5.56 Å². The molecule has 2 heterocycles.